The largest absolute Gasteiger partial charge is 0.120 e. The standard InChI is InChI=1S/C6H10.C4H8.C2H6/c1-4-6(3)5-2;1-3-4-2;1-2/h1,6H,5H2,2-3H3;3H,1,4H2,2H3;1-2H3. The van der Waals surface area contributed by atoms with Crippen LogP contribution in [0.5, 0.6) is 0 Å². The van der Waals surface area contributed by atoms with Crippen LogP contribution < -0.4 is 0 Å². The summed E-state index contributed by atoms with van der Waals surface area (Å²) >= 11 is 0. The Kier molecular flexibility index (Phi) is 32.5. The molecule has 0 nitrogen and oxygen atoms in total. The maximum absolute atomic E-state index is 5.03. The van der Waals surface area contributed by atoms with E-state index in [1.807, 2.05) is 26.8 Å². The van der Waals surface area contributed by atoms with Crippen molar-refractivity contribution in [1.29, 1.82) is 0 Å². The molecule has 0 N–H and O–H groups in total. The van der Waals surface area contributed by atoms with Crippen LogP contribution in [-0.2, 0) is 0 Å². The summed E-state index contributed by atoms with van der Waals surface area (Å²) in [5, 5.41) is 0. The van der Waals surface area contributed by atoms with Gasteiger partial charge in [0, 0.05) is 5.92 Å². The van der Waals surface area contributed by atoms with Gasteiger partial charge in [-0.25, -0.2) is 0 Å². The van der Waals surface area contributed by atoms with Gasteiger partial charge in [0.1, 0.15) is 0 Å². The number of hydrogen-bond acceptors (Lipinski definition) is 0. The van der Waals surface area contributed by atoms with Gasteiger partial charge in [-0.2, -0.15) is 0 Å². The monoisotopic (exact) mass is 168 g/mol. The summed E-state index contributed by atoms with van der Waals surface area (Å²) in [6.45, 7) is 13.7. The lowest BCUT2D eigenvalue weighted by Crippen LogP contribution is -1.81. The zero-order valence-electron chi connectivity index (χ0n) is 9.35. The molecule has 0 aliphatic carbocycles. The van der Waals surface area contributed by atoms with Gasteiger partial charge in [-0.3, -0.25) is 0 Å². The number of allylic oxidation sites excluding steroid dienone is 1. The molecular formula is C12H24. The first-order chi connectivity index (χ1) is 5.72. The molecule has 0 fully saturated rings. The summed E-state index contributed by atoms with van der Waals surface area (Å²) in [5.41, 5.74) is 0. The smallest absolute Gasteiger partial charge is 0.0169 e. The van der Waals surface area contributed by atoms with E-state index < -0.39 is 0 Å². The second kappa shape index (κ2) is 22.4. The predicted octanol–water partition coefficient (Wildman–Crippen LogP) is 4.27. The Labute approximate surface area is 79.1 Å². The van der Waals surface area contributed by atoms with Crippen molar-refractivity contribution in [2.24, 2.45) is 5.92 Å². The van der Waals surface area contributed by atoms with Gasteiger partial charge in [-0.1, -0.05) is 40.7 Å². The van der Waals surface area contributed by atoms with E-state index >= 15 is 0 Å². The van der Waals surface area contributed by atoms with Crippen LogP contribution in [0, 0.1) is 18.3 Å². The molecule has 0 aliphatic heterocycles. The summed E-state index contributed by atoms with van der Waals surface area (Å²) in [4.78, 5) is 0. The molecule has 0 aromatic carbocycles. The Bertz CT molecular complexity index is 95.1. The first-order valence-electron chi connectivity index (χ1n) is 4.79. The molecule has 0 saturated carbocycles. The second-order valence-corrected chi connectivity index (χ2v) is 2.17. The van der Waals surface area contributed by atoms with E-state index in [9.17, 15) is 0 Å². The van der Waals surface area contributed by atoms with Crippen LogP contribution in [0.4, 0.5) is 0 Å². The van der Waals surface area contributed by atoms with Crippen LogP contribution >= 0.6 is 0 Å². The molecule has 0 spiro atoms. The maximum Gasteiger partial charge on any atom is 0.0169 e. The van der Waals surface area contributed by atoms with E-state index in [0.717, 1.165) is 12.8 Å². The van der Waals surface area contributed by atoms with Gasteiger partial charge in [0.15, 0.2) is 0 Å². The van der Waals surface area contributed by atoms with E-state index in [4.69, 9.17) is 6.42 Å². The van der Waals surface area contributed by atoms with Gasteiger partial charge in [-0.15, -0.1) is 18.9 Å². The summed E-state index contributed by atoms with van der Waals surface area (Å²) in [6, 6.07) is 0. The van der Waals surface area contributed by atoms with Crippen LogP contribution in [0.2, 0.25) is 0 Å². The van der Waals surface area contributed by atoms with Gasteiger partial charge in [0.25, 0.3) is 0 Å². The van der Waals surface area contributed by atoms with E-state index in [0.29, 0.717) is 5.92 Å². The fraction of sp³-hybridized carbons (Fsp3) is 0.667. The molecule has 0 radical (unpaired) electrons. The Morgan fingerprint density at radius 2 is 1.75 bits per heavy atom. The highest BCUT2D eigenvalue weighted by Crippen LogP contribution is 1.94. The molecule has 0 bridgehead atoms. The summed E-state index contributed by atoms with van der Waals surface area (Å²) in [7, 11) is 0. The van der Waals surface area contributed by atoms with Crippen LogP contribution in [0.1, 0.15) is 47.5 Å². The van der Waals surface area contributed by atoms with E-state index in [1.165, 1.54) is 0 Å². The van der Waals surface area contributed by atoms with Crippen molar-refractivity contribution in [1.82, 2.24) is 0 Å². The average molecular weight is 168 g/mol. The van der Waals surface area contributed by atoms with Crippen LogP contribution in [0.3, 0.4) is 0 Å². The molecule has 0 aromatic heterocycles. The van der Waals surface area contributed by atoms with E-state index in [-0.39, 0.29) is 0 Å². The first-order valence-corrected chi connectivity index (χ1v) is 4.79. The van der Waals surface area contributed by atoms with Gasteiger partial charge in [-0.05, 0) is 12.8 Å². The van der Waals surface area contributed by atoms with E-state index in [1.54, 1.807) is 0 Å². The summed E-state index contributed by atoms with van der Waals surface area (Å²) < 4.78 is 0. The van der Waals surface area contributed by atoms with E-state index in [2.05, 4.69) is 26.3 Å². The highest BCUT2D eigenvalue weighted by Gasteiger charge is 1.84. The minimum Gasteiger partial charge on any atom is -0.120 e. The van der Waals surface area contributed by atoms with Crippen LogP contribution in [-0.4, -0.2) is 0 Å². The normalized spacial score (nSPS) is 9.00. The SMILES string of the molecule is C#CC(C)CC.C=CCC.CC. The molecule has 0 heterocycles. The third kappa shape index (κ3) is 34.6. The maximum atomic E-state index is 5.03. The van der Waals surface area contributed by atoms with Gasteiger partial charge in [0.05, 0.1) is 0 Å². The van der Waals surface area contributed by atoms with Crippen molar-refractivity contribution < 1.29 is 0 Å². The lowest BCUT2D eigenvalue weighted by molar-refractivity contribution is 0.724. The van der Waals surface area contributed by atoms with Crippen molar-refractivity contribution in [3.05, 3.63) is 12.7 Å². The topological polar surface area (TPSA) is 0 Å². The Hall–Kier alpha value is -0.700. The molecule has 0 saturated heterocycles. The van der Waals surface area contributed by atoms with Gasteiger partial charge in [0.2, 0.25) is 0 Å². The van der Waals surface area contributed by atoms with Crippen molar-refractivity contribution >= 4 is 0 Å². The Balaban J connectivity index is -0.000000118. The third-order valence-electron chi connectivity index (χ3n) is 1.19. The highest BCUT2D eigenvalue weighted by molar-refractivity contribution is 4.88. The zero-order valence-corrected chi connectivity index (χ0v) is 9.35. The fourth-order valence-electron chi connectivity index (χ4n) is 0.118. The lowest BCUT2D eigenvalue weighted by Gasteiger charge is -1.90. The molecule has 1 atom stereocenters. The molecule has 0 aliphatic rings. The first kappa shape index (κ1) is 17.4. The van der Waals surface area contributed by atoms with Gasteiger partial charge < -0.3 is 0 Å². The average Bonchev–Trinajstić information content (AvgIpc) is 2.20. The molecule has 72 valence electrons. The Morgan fingerprint density at radius 1 is 1.42 bits per heavy atom. The summed E-state index contributed by atoms with van der Waals surface area (Å²) in [6.07, 6.45) is 9.08. The van der Waals surface area contributed by atoms with Crippen molar-refractivity contribution in [3.63, 3.8) is 0 Å². The van der Waals surface area contributed by atoms with Crippen LogP contribution in [0.25, 0.3) is 0 Å². The predicted molar refractivity (Wildman–Crippen MR) is 60.1 cm³/mol. The van der Waals surface area contributed by atoms with Crippen molar-refractivity contribution in [2.75, 3.05) is 0 Å². The quantitative estimate of drug-likeness (QED) is 0.426. The van der Waals surface area contributed by atoms with Gasteiger partial charge >= 0.3 is 0 Å². The molecule has 0 rings (SSSR count). The minimum atomic E-state index is 0.463. The molecule has 12 heavy (non-hydrogen) atoms. The number of terminal acetylenes is 1. The fourth-order valence-corrected chi connectivity index (χ4v) is 0.118. The molecule has 0 heteroatoms. The number of hydrogen-bond donors (Lipinski definition) is 0. The Morgan fingerprint density at radius 3 is 1.75 bits per heavy atom. The second-order valence-electron chi connectivity index (χ2n) is 2.17. The highest BCUT2D eigenvalue weighted by atomic mass is 13.9. The third-order valence-corrected chi connectivity index (χ3v) is 1.19. The molecule has 1 unspecified atom stereocenters. The van der Waals surface area contributed by atoms with Crippen molar-refractivity contribution in [3.8, 4) is 12.3 Å². The summed E-state index contributed by atoms with van der Waals surface area (Å²) in [5.74, 6) is 3.08. The molecule has 0 aromatic rings. The van der Waals surface area contributed by atoms with Crippen LogP contribution in [0.15, 0.2) is 12.7 Å². The molecular weight excluding hydrogens is 144 g/mol. The lowest BCUT2D eigenvalue weighted by atomic mass is 10.1. The van der Waals surface area contributed by atoms with Crippen molar-refractivity contribution in [2.45, 2.75) is 47.5 Å². The minimum absolute atomic E-state index is 0.463. The number of rotatable bonds is 2. The molecule has 0 amide bonds. The zero-order chi connectivity index (χ0) is 10.4.